The number of ether oxygens (including phenoxy) is 1. The molecule has 2 bridgehead atoms. The van der Waals surface area contributed by atoms with E-state index in [4.69, 9.17) is 21.1 Å². The van der Waals surface area contributed by atoms with Crippen LogP contribution in [0.2, 0.25) is 0 Å². The van der Waals surface area contributed by atoms with Crippen LogP contribution in [0.15, 0.2) is 48.7 Å². The molecule has 2 aromatic heterocycles. The van der Waals surface area contributed by atoms with Gasteiger partial charge in [0, 0.05) is 54.9 Å². The molecule has 1 N–H and O–H groups in total. The van der Waals surface area contributed by atoms with Crippen molar-refractivity contribution in [3.05, 3.63) is 65.9 Å². The molecule has 7 nitrogen and oxygen atoms in total. The van der Waals surface area contributed by atoms with Gasteiger partial charge in [0.15, 0.2) is 5.82 Å². The molecule has 0 radical (unpaired) electrons. The van der Waals surface area contributed by atoms with Gasteiger partial charge in [0.2, 0.25) is 0 Å². The van der Waals surface area contributed by atoms with E-state index in [1.54, 1.807) is 24.4 Å². The highest BCUT2D eigenvalue weighted by molar-refractivity contribution is 6.02. The highest BCUT2D eigenvalue weighted by Gasteiger charge is 2.51. The number of terminal acetylenes is 1. The van der Waals surface area contributed by atoms with E-state index in [1.165, 1.54) is 11.6 Å². The van der Waals surface area contributed by atoms with Gasteiger partial charge in [0.1, 0.15) is 29.5 Å². The number of anilines is 1. The van der Waals surface area contributed by atoms with Crippen LogP contribution in [-0.4, -0.2) is 69.8 Å². The molecule has 4 aliphatic heterocycles. The Morgan fingerprint density at radius 3 is 2.70 bits per heavy atom. The maximum atomic E-state index is 16.9. The first kappa shape index (κ1) is 29.3. The van der Waals surface area contributed by atoms with Gasteiger partial charge in [-0.15, -0.1) is 6.42 Å². The van der Waals surface area contributed by atoms with Crippen LogP contribution in [0.25, 0.3) is 32.9 Å². The average Bonchev–Trinajstić information content (AvgIpc) is 3.68. The summed E-state index contributed by atoms with van der Waals surface area (Å²) in [6.07, 6.45) is 12.5. The molecule has 0 saturated carbocycles. The Morgan fingerprint density at radius 2 is 1.93 bits per heavy atom. The summed E-state index contributed by atoms with van der Waals surface area (Å²) in [7, 11) is 0. The summed E-state index contributed by atoms with van der Waals surface area (Å²) in [6.45, 7) is 11.7. The molecular formula is C37H38F2N6O. The molecule has 8 rings (SSSR count). The van der Waals surface area contributed by atoms with Gasteiger partial charge in [-0.1, -0.05) is 56.2 Å². The van der Waals surface area contributed by atoms with E-state index in [2.05, 4.69) is 46.4 Å². The fourth-order valence-electron chi connectivity index (χ4n) is 8.58. The van der Waals surface area contributed by atoms with Gasteiger partial charge in [-0.05, 0) is 49.5 Å². The fraction of sp³-hybridized carbons (Fsp3) is 0.432. The molecule has 4 atom stereocenters. The second kappa shape index (κ2) is 11.0. The quantitative estimate of drug-likeness (QED) is 0.202. The number of halogens is 2. The Hall–Kier alpha value is -4.13. The average molecular weight is 621 g/mol. The first-order valence-corrected chi connectivity index (χ1v) is 16.4. The first-order valence-electron chi connectivity index (χ1n) is 16.4. The normalized spacial score (nSPS) is 26.0. The van der Waals surface area contributed by atoms with Crippen molar-refractivity contribution in [2.45, 2.75) is 69.6 Å². The number of pyridine rings is 1. The van der Waals surface area contributed by atoms with Crippen LogP contribution >= 0.6 is 0 Å². The zero-order valence-electron chi connectivity index (χ0n) is 26.3. The fourth-order valence-corrected chi connectivity index (χ4v) is 8.58. The molecule has 2 aromatic carbocycles. The Labute approximate surface area is 268 Å². The van der Waals surface area contributed by atoms with Crippen molar-refractivity contribution in [3.63, 3.8) is 0 Å². The lowest BCUT2D eigenvalue weighted by atomic mass is 9.93. The van der Waals surface area contributed by atoms with E-state index in [-0.39, 0.29) is 28.3 Å². The number of hydrogen-bond donors (Lipinski definition) is 1. The topological polar surface area (TPSA) is 66.4 Å². The Morgan fingerprint density at radius 1 is 1.13 bits per heavy atom. The van der Waals surface area contributed by atoms with Crippen LogP contribution in [0.5, 0.6) is 6.01 Å². The summed E-state index contributed by atoms with van der Waals surface area (Å²) in [6, 6.07) is 9.65. The monoisotopic (exact) mass is 620 g/mol. The van der Waals surface area contributed by atoms with Gasteiger partial charge in [0.25, 0.3) is 0 Å². The zero-order chi connectivity index (χ0) is 31.7. The smallest absolute Gasteiger partial charge is 0.319 e. The zero-order valence-corrected chi connectivity index (χ0v) is 26.3. The first-order chi connectivity index (χ1) is 22.2. The van der Waals surface area contributed by atoms with Crippen molar-refractivity contribution in [1.29, 1.82) is 0 Å². The number of aromatic nitrogens is 3. The molecule has 4 saturated heterocycles. The summed E-state index contributed by atoms with van der Waals surface area (Å²) in [5.74, 6) is 2.46. The number of nitrogens with one attached hydrogen (secondary N) is 1. The predicted molar refractivity (Wildman–Crippen MR) is 177 cm³/mol. The molecule has 0 amide bonds. The standard InChI is InChI=1S/C37H38F2N6O/c1-5-26-29(38)12-9-23-7-6-8-27(31(23)26)33-32(39)34-28(16-40-33)35(44-18-24-10-11-25(19-44)41-24)43-36(42-34)46-20-37-14-13-30(21(2)3)45(37)17-22(4)15-37/h1,6-9,12,16,21,24-25,30,41H,4,10-11,13-15,17-20H2,2-3H3/t24?,25?,30-,37-/m0/s1. The van der Waals surface area contributed by atoms with Crippen molar-refractivity contribution in [1.82, 2.24) is 25.2 Å². The van der Waals surface area contributed by atoms with E-state index < -0.39 is 11.6 Å². The molecule has 46 heavy (non-hydrogen) atoms. The van der Waals surface area contributed by atoms with E-state index in [0.717, 1.165) is 51.7 Å². The van der Waals surface area contributed by atoms with E-state index in [1.807, 2.05) is 6.07 Å². The van der Waals surface area contributed by atoms with Crippen molar-refractivity contribution >= 4 is 27.5 Å². The third kappa shape index (κ3) is 4.65. The van der Waals surface area contributed by atoms with Gasteiger partial charge < -0.3 is 15.0 Å². The van der Waals surface area contributed by atoms with Gasteiger partial charge in [-0.2, -0.15) is 9.97 Å². The Kier molecular flexibility index (Phi) is 7.00. The summed E-state index contributed by atoms with van der Waals surface area (Å²) in [5, 5.41) is 5.34. The highest BCUT2D eigenvalue weighted by Crippen LogP contribution is 2.46. The molecule has 236 valence electrons. The maximum absolute atomic E-state index is 16.9. The van der Waals surface area contributed by atoms with Crippen LogP contribution in [0.1, 0.15) is 51.5 Å². The predicted octanol–water partition coefficient (Wildman–Crippen LogP) is 6.24. The minimum absolute atomic E-state index is 0.0589. The van der Waals surface area contributed by atoms with Gasteiger partial charge in [0.05, 0.1) is 16.5 Å². The van der Waals surface area contributed by atoms with Crippen LogP contribution in [0.4, 0.5) is 14.6 Å². The third-order valence-corrected chi connectivity index (χ3v) is 10.7. The number of piperazine rings is 1. The maximum Gasteiger partial charge on any atom is 0.319 e. The minimum atomic E-state index is -0.612. The van der Waals surface area contributed by atoms with Gasteiger partial charge in [-0.3, -0.25) is 9.88 Å². The summed E-state index contributed by atoms with van der Waals surface area (Å²) >= 11 is 0. The summed E-state index contributed by atoms with van der Waals surface area (Å²) in [4.78, 5) is 19.0. The summed E-state index contributed by atoms with van der Waals surface area (Å²) < 4.78 is 38.2. The number of nitrogens with zero attached hydrogens (tertiary/aromatic N) is 5. The van der Waals surface area contributed by atoms with Gasteiger partial charge >= 0.3 is 6.01 Å². The van der Waals surface area contributed by atoms with Crippen LogP contribution in [0.3, 0.4) is 0 Å². The van der Waals surface area contributed by atoms with Crippen molar-refractivity contribution < 1.29 is 13.5 Å². The SMILES string of the molecule is C#Cc1c(F)ccc2cccc(-c3ncc4c(N5CC6CCC(C5)N6)nc(OC[C@@]56CC[C@@H](C(C)C)N5CC(=C)C6)nc4c3F)c12. The van der Waals surface area contributed by atoms with E-state index in [9.17, 15) is 4.39 Å². The number of fused-ring (bicyclic) bond motifs is 5. The number of hydrogen-bond acceptors (Lipinski definition) is 7. The molecule has 4 aliphatic rings. The number of benzene rings is 2. The molecule has 9 heteroatoms. The van der Waals surface area contributed by atoms with E-state index >= 15 is 4.39 Å². The largest absolute Gasteiger partial charge is 0.461 e. The Bertz CT molecular complexity index is 1930. The number of rotatable bonds is 6. The molecular weight excluding hydrogens is 582 g/mol. The van der Waals surface area contributed by atoms with Crippen LogP contribution in [-0.2, 0) is 0 Å². The van der Waals surface area contributed by atoms with E-state index in [0.29, 0.717) is 58.2 Å². The Balaban J connectivity index is 1.24. The van der Waals surface area contributed by atoms with Crippen molar-refractivity contribution in [3.8, 4) is 29.6 Å². The molecule has 0 aliphatic carbocycles. The lowest BCUT2D eigenvalue weighted by molar-refractivity contribution is 0.0719. The second-order valence-electron chi connectivity index (χ2n) is 13.9. The lowest BCUT2D eigenvalue weighted by Crippen LogP contribution is -2.51. The molecule has 4 fully saturated rings. The van der Waals surface area contributed by atoms with Crippen molar-refractivity contribution in [2.75, 3.05) is 31.1 Å². The van der Waals surface area contributed by atoms with Gasteiger partial charge in [-0.25, -0.2) is 8.78 Å². The second-order valence-corrected chi connectivity index (χ2v) is 13.9. The molecule has 4 aromatic rings. The molecule has 2 unspecified atom stereocenters. The molecule has 6 heterocycles. The minimum Gasteiger partial charge on any atom is -0.461 e. The third-order valence-electron chi connectivity index (χ3n) is 10.7. The van der Waals surface area contributed by atoms with Crippen molar-refractivity contribution in [2.24, 2.45) is 5.92 Å². The van der Waals surface area contributed by atoms with Crippen LogP contribution in [0, 0.1) is 29.9 Å². The van der Waals surface area contributed by atoms with Crippen LogP contribution < -0.4 is 15.0 Å². The lowest BCUT2D eigenvalue weighted by Gasteiger charge is -2.36. The summed E-state index contributed by atoms with van der Waals surface area (Å²) in [5.41, 5.74) is 1.73. The highest BCUT2D eigenvalue weighted by atomic mass is 19.1. The molecule has 0 spiro atoms.